The fraction of sp³-hybridized carbons (Fsp3) is 0.308. The van der Waals surface area contributed by atoms with Crippen molar-refractivity contribution in [1.29, 1.82) is 0 Å². The van der Waals surface area contributed by atoms with Crippen molar-refractivity contribution in [3.8, 4) is 12.3 Å². The van der Waals surface area contributed by atoms with Crippen molar-refractivity contribution in [3.63, 3.8) is 0 Å². The van der Waals surface area contributed by atoms with Crippen LogP contribution in [0.5, 0.6) is 0 Å². The number of benzene rings is 1. The summed E-state index contributed by atoms with van der Waals surface area (Å²) in [5.41, 5.74) is 0.652. The molecule has 0 saturated carbocycles. The summed E-state index contributed by atoms with van der Waals surface area (Å²) in [6.07, 6.45) is 6.64. The van der Waals surface area contributed by atoms with Gasteiger partial charge in [-0.05, 0) is 30.7 Å². The number of halogens is 1. The summed E-state index contributed by atoms with van der Waals surface area (Å²) in [5.74, 6) is 2.49. The molecule has 0 heterocycles. The number of carbonyl (C=O) groups excluding carboxylic acids is 1. The molecule has 1 aromatic carbocycles. The van der Waals surface area contributed by atoms with Gasteiger partial charge in [-0.2, -0.15) is 0 Å². The number of terminal acetylenes is 1. The molecule has 1 N–H and O–H groups in total. The average Bonchev–Trinajstić information content (AvgIpc) is 2.29. The summed E-state index contributed by atoms with van der Waals surface area (Å²) in [5, 5.41) is 2.91. The maximum absolute atomic E-state index is 11.8. The Bertz CT molecular complexity index is 391. The molecule has 84 valence electrons. The highest BCUT2D eigenvalue weighted by atomic mass is 79.9. The predicted octanol–water partition coefficient (Wildman–Crippen LogP) is 2.98. The van der Waals surface area contributed by atoms with Crippen molar-refractivity contribution in [1.82, 2.24) is 5.32 Å². The first-order chi connectivity index (χ1) is 7.67. The molecule has 0 aliphatic rings. The van der Waals surface area contributed by atoms with Crippen LogP contribution in [-0.4, -0.2) is 11.9 Å². The van der Waals surface area contributed by atoms with E-state index in [1.165, 1.54) is 0 Å². The van der Waals surface area contributed by atoms with Crippen LogP contribution >= 0.6 is 15.9 Å². The molecule has 1 rings (SSSR count). The molecule has 0 fully saturated rings. The lowest BCUT2D eigenvalue weighted by molar-refractivity contribution is 0.0936. The van der Waals surface area contributed by atoms with Crippen LogP contribution in [0.1, 0.15) is 30.1 Å². The lowest BCUT2D eigenvalue weighted by Gasteiger charge is -2.14. The highest BCUT2D eigenvalue weighted by Crippen LogP contribution is 2.10. The van der Waals surface area contributed by atoms with Crippen LogP contribution in [-0.2, 0) is 0 Å². The number of hydrogen-bond donors (Lipinski definition) is 1. The molecule has 0 saturated heterocycles. The van der Waals surface area contributed by atoms with Crippen molar-refractivity contribution in [2.24, 2.45) is 0 Å². The molecule has 0 aromatic heterocycles. The molecule has 1 unspecified atom stereocenters. The van der Waals surface area contributed by atoms with E-state index in [1.54, 1.807) is 12.1 Å². The third kappa shape index (κ3) is 3.71. The number of amides is 1. The molecule has 16 heavy (non-hydrogen) atoms. The van der Waals surface area contributed by atoms with Gasteiger partial charge in [0.15, 0.2) is 0 Å². The molecule has 0 aliphatic carbocycles. The van der Waals surface area contributed by atoms with Gasteiger partial charge in [0.1, 0.15) is 0 Å². The summed E-state index contributed by atoms with van der Waals surface area (Å²) >= 11 is 3.33. The molecule has 0 radical (unpaired) electrons. The fourth-order valence-corrected chi connectivity index (χ4v) is 1.57. The zero-order chi connectivity index (χ0) is 12.0. The van der Waals surface area contributed by atoms with Gasteiger partial charge < -0.3 is 5.32 Å². The van der Waals surface area contributed by atoms with E-state index in [9.17, 15) is 4.79 Å². The van der Waals surface area contributed by atoms with E-state index in [0.29, 0.717) is 12.0 Å². The summed E-state index contributed by atoms with van der Waals surface area (Å²) in [6, 6.07) is 7.30. The third-order valence-corrected chi connectivity index (χ3v) is 2.83. The first-order valence-corrected chi connectivity index (χ1v) is 5.96. The van der Waals surface area contributed by atoms with Gasteiger partial charge in [-0.3, -0.25) is 4.79 Å². The standard InChI is InChI=1S/C13H14BrNO/c1-3-5-12(4-2)15-13(16)10-6-8-11(14)9-7-10/h1,6-9,12H,4-5H2,2H3,(H,15,16). The van der Waals surface area contributed by atoms with Crippen molar-refractivity contribution < 1.29 is 4.79 Å². The maximum atomic E-state index is 11.8. The summed E-state index contributed by atoms with van der Waals surface area (Å²) in [4.78, 5) is 11.8. The number of nitrogens with one attached hydrogen (secondary N) is 1. The SMILES string of the molecule is C#CCC(CC)NC(=O)c1ccc(Br)cc1. The van der Waals surface area contributed by atoms with Crippen LogP contribution in [0.2, 0.25) is 0 Å². The topological polar surface area (TPSA) is 29.1 Å². The molecule has 1 atom stereocenters. The summed E-state index contributed by atoms with van der Waals surface area (Å²) in [7, 11) is 0. The van der Waals surface area contributed by atoms with Crippen LogP contribution in [0.4, 0.5) is 0 Å². The Kier molecular flexibility index (Phi) is 5.07. The zero-order valence-electron chi connectivity index (χ0n) is 9.16. The van der Waals surface area contributed by atoms with Crippen molar-refractivity contribution in [2.75, 3.05) is 0 Å². The van der Waals surface area contributed by atoms with Crippen molar-refractivity contribution >= 4 is 21.8 Å². The van der Waals surface area contributed by atoms with Crippen LogP contribution in [0.25, 0.3) is 0 Å². The van der Waals surface area contributed by atoms with E-state index in [1.807, 2.05) is 19.1 Å². The summed E-state index contributed by atoms with van der Waals surface area (Å²) < 4.78 is 0.958. The lowest BCUT2D eigenvalue weighted by atomic mass is 10.1. The molecule has 0 bridgehead atoms. The van der Waals surface area contributed by atoms with Crippen molar-refractivity contribution in [2.45, 2.75) is 25.8 Å². The normalized spacial score (nSPS) is 11.6. The van der Waals surface area contributed by atoms with Crippen LogP contribution in [0.3, 0.4) is 0 Å². The molecule has 3 heteroatoms. The minimum absolute atomic E-state index is 0.0566. The van der Waals surface area contributed by atoms with Gasteiger partial charge in [0.05, 0.1) is 0 Å². The van der Waals surface area contributed by atoms with E-state index in [0.717, 1.165) is 10.9 Å². The van der Waals surface area contributed by atoms with E-state index in [-0.39, 0.29) is 11.9 Å². The van der Waals surface area contributed by atoms with Gasteiger partial charge in [-0.1, -0.05) is 22.9 Å². The molecule has 0 spiro atoms. The van der Waals surface area contributed by atoms with Crippen LogP contribution < -0.4 is 5.32 Å². The Hall–Kier alpha value is -1.27. The minimum atomic E-state index is -0.0744. The van der Waals surface area contributed by atoms with Gasteiger partial charge in [0.2, 0.25) is 0 Å². The molecule has 2 nitrogen and oxygen atoms in total. The van der Waals surface area contributed by atoms with Gasteiger partial charge in [-0.15, -0.1) is 12.3 Å². The monoisotopic (exact) mass is 279 g/mol. The zero-order valence-corrected chi connectivity index (χ0v) is 10.8. The van der Waals surface area contributed by atoms with Gasteiger partial charge in [0.25, 0.3) is 5.91 Å². The largest absolute Gasteiger partial charge is 0.348 e. The number of carbonyl (C=O) groups is 1. The fourth-order valence-electron chi connectivity index (χ4n) is 1.31. The van der Waals surface area contributed by atoms with Gasteiger partial charge in [-0.25, -0.2) is 0 Å². The molecule has 1 aromatic rings. The quantitative estimate of drug-likeness (QED) is 0.844. The second kappa shape index (κ2) is 6.34. The third-order valence-electron chi connectivity index (χ3n) is 2.30. The predicted molar refractivity (Wildman–Crippen MR) is 69.1 cm³/mol. The molecular formula is C13H14BrNO. The average molecular weight is 280 g/mol. The van der Waals surface area contributed by atoms with Crippen molar-refractivity contribution in [3.05, 3.63) is 34.3 Å². The number of rotatable bonds is 4. The highest BCUT2D eigenvalue weighted by molar-refractivity contribution is 9.10. The van der Waals surface area contributed by atoms with Crippen LogP contribution in [0.15, 0.2) is 28.7 Å². The smallest absolute Gasteiger partial charge is 0.251 e. The Morgan fingerprint density at radius 1 is 1.50 bits per heavy atom. The second-order valence-electron chi connectivity index (χ2n) is 3.49. The van der Waals surface area contributed by atoms with E-state index in [2.05, 4.69) is 27.2 Å². The molecule has 0 aliphatic heterocycles. The Labute approximate surface area is 105 Å². The Morgan fingerprint density at radius 3 is 2.62 bits per heavy atom. The van der Waals surface area contributed by atoms with E-state index < -0.39 is 0 Å². The summed E-state index contributed by atoms with van der Waals surface area (Å²) in [6.45, 7) is 2.00. The van der Waals surface area contributed by atoms with E-state index in [4.69, 9.17) is 6.42 Å². The second-order valence-corrected chi connectivity index (χ2v) is 4.41. The lowest BCUT2D eigenvalue weighted by Crippen LogP contribution is -2.34. The van der Waals surface area contributed by atoms with E-state index >= 15 is 0 Å². The first-order valence-electron chi connectivity index (χ1n) is 5.17. The number of hydrogen-bond acceptors (Lipinski definition) is 1. The Balaban J connectivity index is 2.65. The Morgan fingerprint density at radius 2 is 2.12 bits per heavy atom. The molecular weight excluding hydrogens is 266 g/mol. The van der Waals surface area contributed by atoms with Gasteiger partial charge >= 0.3 is 0 Å². The van der Waals surface area contributed by atoms with Crippen LogP contribution in [0, 0.1) is 12.3 Å². The first kappa shape index (κ1) is 12.8. The van der Waals surface area contributed by atoms with Gasteiger partial charge in [0, 0.05) is 22.5 Å². The minimum Gasteiger partial charge on any atom is -0.348 e. The maximum Gasteiger partial charge on any atom is 0.251 e. The molecule has 1 amide bonds. The highest BCUT2D eigenvalue weighted by Gasteiger charge is 2.10.